The second-order valence-corrected chi connectivity index (χ2v) is 9.50. The summed E-state index contributed by atoms with van der Waals surface area (Å²) in [6.45, 7) is 2.00. The van der Waals surface area contributed by atoms with Crippen LogP contribution in [-0.2, 0) is 0 Å². The van der Waals surface area contributed by atoms with E-state index in [1.54, 1.807) is 7.11 Å². The number of aryl methyl sites for hydroxylation is 1. The van der Waals surface area contributed by atoms with E-state index in [2.05, 4.69) is 71.3 Å². The number of amides is 1. The van der Waals surface area contributed by atoms with Gasteiger partial charge in [-0.1, -0.05) is 60.2 Å². The van der Waals surface area contributed by atoms with Crippen LogP contribution in [0.2, 0.25) is 0 Å². The molecule has 2 N–H and O–H groups in total. The summed E-state index contributed by atoms with van der Waals surface area (Å²) < 4.78 is 5.85. The van der Waals surface area contributed by atoms with E-state index in [9.17, 15) is 4.79 Å². The first-order chi connectivity index (χ1) is 17.1. The predicted octanol–water partition coefficient (Wildman–Crippen LogP) is 7.24. The van der Waals surface area contributed by atoms with Crippen molar-refractivity contribution in [2.75, 3.05) is 17.7 Å². The molecule has 0 spiro atoms. The van der Waals surface area contributed by atoms with Crippen molar-refractivity contribution < 1.29 is 9.53 Å². The van der Waals surface area contributed by atoms with E-state index in [0.29, 0.717) is 11.5 Å². The van der Waals surface area contributed by atoms with Gasteiger partial charge >= 0.3 is 0 Å². The summed E-state index contributed by atoms with van der Waals surface area (Å²) in [5.41, 5.74) is 6.10. The van der Waals surface area contributed by atoms with E-state index >= 15 is 0 Å². The maximum Gasteiger partial charge on any atom is 0.255 e. The molecule has 174 valence electrons. The summed E-state index contributed by atoms with van der Waals surface area (Å²) in [7, 11) is 1.75. The highest BCUT2D eigenvalue weighted by Gasteiger charge is 2.39. The van der Waals surface area contributed by atoms with Crippen molar-refractivity contribution >= 4 is 28.1 Å². The molecule has 2 aliphatic rings. The fourth-order valence-electron chi connectivity index (χ4n) is 5.72. The Hall–Kier alpha value is -4.05. The molecular formula is C31H28N2O2. The van der Waals surface area contributed by atoms with Gasteiger partial charge in [0.1, 0.15) is 5.75 Å². The number of hydrogen-bond acceptors (Lipinski definition) is 3. The van der Waals surface area contributed by atoms with E-state index in [4.69, 9.17) is 4.74 Å². The number of hydrogen-bond donors (Lipinski definition) is 2. The Morgan fingerprint density at radius 3 is 2.74 bits per heavy atom. The highest BCUT2D eigenvalue weighted by Crippen LogP contribution is 2.52. The summed E-state index contributed by atoms with van der Waals surface area (Å²) in [6, 6.07) is 26.7. The second-order valence-electron chi connectivity index (χ2n) is 9.50. The lowest BCUT2D eigenvalue weighted by Crippen LogP contribution is -2.29. The Morgan fingerprint density at radius 1 is 1.00 bits per heavy atom. The Balaban J connectivity index is 1.37. The molecule has 0 saturated carbocycles. The van der Waals surface area contributed by atoms with Crippen LogP contribution in [0.3, 0.4) is 0 Å². The van der Waals surface area contributed by atoms with Crippen molar-refractivity contribution in [1.82, 2.24) is 0 Å². The third-order valence-corrected chi connectivity index (χ3v) is 7.36. The first kappa shape index (κ1) is 21.5. The molecule has 1 heterocycles. The highest BCUT2D eigenvalue weighted by molar-refractivity contribution is 6.04. The molecule has 0 aromatic heterocycles. The number of carbonyl (C=O) groups excluding carboxylic acids is 1. The summed E-state index contributed by atoms with van der Waals surface area (Å²) in [4.78, 5) is 12.8. The summed E-state index contributed by atoms with van der Waals surface area (Å²) in [5, 5.41) is 9.37. The summed E-state index contributed by atoms with van der Waals surface area (Å²) in [5.74, 6) is 1.47. The lowest BCUT2D eigenvalue weighted by molar-refractivity contribution is 0.102. The van der Waals surface area contributed by atoms with Gasteiger partial charge in [0.05, 0.1) is 13.2 Å². The zero-order valence-corrected chi connectivity index (χ0v) is 19.9. The number of anilines is 2. The molecule has 0 fully saturated rings. The monoisotopic (exact) mass is 460 g/mol. The van der Waals surface area contributed by atoms with Crippen LogP contribution in [0.15, 0.2) is 91.0 Å². The second kappa shape index (κ2) is 8.62. The van der Waals surface area contributed by atoms with Gasteiger partial charge in [-0.3, -0.25) is 4.79 Å². The Labute approximate surface area is 205 Å². The molecule has 4 aromatic rings. The first-order valence-electron chi connectivity index (χ1n) is 12.1. The third-order valence-electron chi connectivity index (χ3n) is 7.36. The van der Waals surface area contributed by atoms with Crippen LogP contribution in [0.1, 0.15) is 45.4 Å². The van der Waals surface area contributed by atoms with E-state index in [1.807, 2.05) is 37.3 Å². The molecule has 4 aromatic carbocycles. The molecule has 6 rings (SSSR count). The van der Waals surface area contributed by atoms with Gasteiger partial charge in [0.25, 0.3) is 5.91 Å². The molecule has 0 saturated heterocycles. The van der Waals surface area contributed by atoms with E-state index in [0.717, 1.165) is 29.1 Å². The van der Waals surface area contributed by atoms with Crippen LogP contribution in [0.4, 0.5) is 11.4 Å². The fourth-order valence-corrected chi connectivity index (χ4v) is 5.72. The number of carbonyl (C=O) groups is 1. The minimum Gasteiger partial charge on any atom is -0.496 e. The lowest BCUT2D eigenvalue weighted by atomic mass is 9.76. The van der Waals surface area contributed by atoms with E-state index in [-0.39, 0.29) is 17.9 Å². The summed E-state index contributed by atoms with van der Waals surface area (Å²) in [6.07, 6.45) is 5.60. The number of fused-ring (bicyclic) bond motifs is 4. The number of benzene rings is 4. The Kier molecular flexibility index (Phi) is 5.29. The SMILES string of the molecule is COc1ccc2ccccc2c1C1Nc2ccc(NC(=O)c3cccc(C)c3)cc2C2C=CCC21. The molecule has 1 amide bonds. The molecule has 1 aliphatic carbocycles. The number of rotatable bonds is 4. The van der Waals surface area contributed by atoms with Crippen molar-refractivity contribution in [2.45, 2.75) is 25.3 Å². The van der Waals surface area contributed by atoms with Gasteiger partial charge < -0.3 is 15.4 Å². The standard InChI is InChI=1S/C31H28N2O2/c1-19-7-5-9-21(17-19)31(34)32-22-14-15-27-26(18-22)24-11-6-12-25(24)30(33-27)29-23-10-4-3-8-20(23)13-16-28(29)35-2/h3-11,13-18,24-25,30,33H,12H2,1-2H3,(H,32,34). The number of allylic oxidation sites excluding steroid dienone is 2. The normalized spacial score (nSPS) is 20.1. The third kappa shape index (κ3) is 3.75. The van der Waals surface area contributed by atoms with Gasteiger partial charge in [-0.25, -0.2) is 0 Å². The smallest absolute Gasteiger partial charge is 0.255 e. The maximum absolute atomic E-state index is 12.8. The minimum absolute atomic E-state index is 0.0886. The van der Waals surface area contributed by atoms with Crippen LogP contribution >= 0.6 is 0 Å². The number of ether oxygens (including phenoxy) is 1. The van der Waals surface area contributed by atoms with Crippen molar-refractivity contribution in [2.24, 2.45) is 5.92 Å². The molecule has 3 atom stereocenters. The van der Waals surface area contributed by atoms with Crippen LogP contribution in [0.5, 0.6) is 5.75 Å². The van der Waals surface area contributed by atoms with Gasteiger partial charge in [-0.2, -0.15) is 0 Å². The average molecular weight is 461 g/mol. The molecule has 3 unspecified atom stereocenters. The molecular weight excluding hydrogens is 432 g/mol. The van der Waals surface area contributed by atoms with Gasteiger partial charge in [-0.05, 0) is 72.0 Å². The van der Waals surface area contributed by atoms with E-state index in [1.165, 1.54) is 21.9 Å². The largest absolute Gasteiger partial charge is 0.496 e. The van der Waals surface area contributed by atoms with Crippen LogP contribution < -0.4 is 15.4 Å². The molecule has 0 bridgehead atoms. The fraction of sp³-hybridized carbons (Fsp3) is 0.194. The van der Waals surface area contributed by atoms with Gasteiger partial charge in [0.2, 0.25) is 0 Å². The zero-order chi connectivity index (χ0) is 23.9. The minimum atomic E-state index is -0.0886. The van der Waals surface area contributed by atoms with Gasteiger partial charge in [0.15, 0.2) is 0 Å². The predicted molar refractivity (Wildman–Crippen MR) is 142 cm³/mol. The topological polar surface area (TPSA) is 50.4 Å². The van der Waals surface area contributed by atoms with Gasteiger partial charge in [-0.15, -0.1) is 0 Å². The van der Waals surface area contributed by atoms with Crippen LogP contribution in [-0.4, -0.2) is 13.0 Å². The number of methoxy groups -OCH3 is 1. The highest BCUT2D eigenvalue weighted by atomic mass is 16.5. The average Bonchev–Trinajstić information content (AvgIpc) is 3.38. The van der Waals surface area contributed by atoms with E-state index < -0.39 is 0 Å². The van der Waals surface area contributed by atoms with Crippen molar-refractivity contribution in [1.29, 1.82) is 0 Å². The lowest BCUT2D eigenvalue weighted by Gasteiger charge is -2.38. The first-order valence-corrected chi connectivity index (χ1v) is 12.1. The van der Waals surface area contributed by atoms with Crippen molar-refractivity contribution in [3.63, 3.8) is 0 Å². The molecule has 0 radical (unpaired) electrons. The number of nitrogens with one attached hydrogen (secondary N) is 2. The van der Waals surface area contributed by atoms with Crippen LogP contribution in [0, 0.1) is 12.8 Å². The Bertz CT molecular complexity index is 1470. The molecule has 4 nitrogen and oxygen atoms in total. The van der Waals surface area contributed by atoms with Crippen molar-refractivity contribution in [3.05, 3.63) is 113 Å². The molecule has 4 heteroatoms. The van der Waals surface area contributed by atoms with Crippen molar-refractivity contribution in [3.8, 4) is 5.75 Å². The summed E-state index contributed by atoms with van der Waals surface area (Å²) >= 11 is 0. The maximum atomic E-state index is 12.8. The molecule has 1 aliphatic heterocycles. The quantitative estimate of drug-likeness (QED) is 0.316. The zero-order valence-electron chi connectivity index (χ0n) is 19.9. The Morgan fingerprint density at radius 2 is 1.89 bits per heavy atom. The van der Waals surface area contributed by atoms with Crippen LogP contribution in [0.25, 0.3) is 10.8 Å². The van der Waals surface area contributed by atoms with Gasteiger partial charge in [0, 0.05) is 28.4 Å². The molecule has 35 heavy (non-hydrogen) atoms.